The predicted molar refractivity (Wildman–Crippen MR) is 104 cm³/mol. The number of amides is 2. The average molecular weight is 366 g/mol. The fourth-order valence-electron chi connectivity index (χ4n) is 2.99. The minimum absolute atomic E-state index is 0.124. The van der Waals surface area contributed by atoms with Gasteiger partial charge in [0.25, 0.3) is 0 Å². The molecule has 0 unspecified atom stereocenters. The van der Waals surface area contributed by atoms with Crippen LogP contribution in [0.15, 0.2) is 53.3 Å². The summed E-state index contributed by atoms with van der Waals surface area (Å²) in [5.74, 6) is -0.250. The van der Waals surface area contributed by atoms with E-state index in [1.165, 1.54) is 6.92 Å². The number of hydrogen-bond acceptors (Lipinski definition) is 3. The summed E-state index contributed by atoms with van der Waals surface area (Å²) < 4.78 is 3.21. The minimum atomic E-state index is -0.127. The Bertz CT molecular complexity index is 1030. The Hall–Kier alpha value is -3.35. The van der Waals surface area contributed by atoms with Crippen molar-refractivity contribution in [3.05, 3.63) is 64.6 Å². The first-order valence-electron chi connectivity index (χ1n) is 8.73. The van der Waals surface area contributed by atoms with E-state index in [-0.39, 0.29) is 23.9 Å². The number of benzene rings is 2. The van der Waals surface area contributed by atoms with Crippen molar-refractivity contribution in [2.45, 2.75) is 26.4 Å². The van der Waals surface area contributed by atoms with Crippen LogP contribution >= 0.6 is 0 Å². The van der Waals surface area contributed by atoms with Crippen LogP contribution in [-0.2, 0) is 29.7 Å². The van der Waals surface area contributed by atoms with Gasteiger partial charge in [-0.25, -0.2) is 4.79 Å². The van der Waals surface area contributed by atoms with Crippen LogP contribution < -0.4 is 16.3 Å². The summed E-state index contributed by atoms with van der Waals surface area (Å²) in [6.45, 7) is 2.17. The molecule has 0 saturated heterocycles. The van der Waals surface area contributed by atoms with Crippen LogP contribution in [-0.4, -0.2) is 20.9 Å². The summed E-state index contributed by atoms with van der Waals surface area (Å²) in [4.78, 5) is 35.5. The third-order valence-electron chi connectivity index (χ3n) is 4.38. The lowest BCUT2D eigenvalue weighted by molar-refractivity contribution is -0.121. The number of carbonyl (C=O) groups excluding carboxylic acids is 2. The minimum Gasteiger partial charge on any atom is -0.352 e. The molecule has 0 radical (unpaired) electrons. The smallest absolute Gasteiger partial charge is 0.328 e. The molecule has 0 aliphatic heterocycles. The van der Waals surface area contributed by atoms with Gasteiger partial charge < -0.3 is 10.6 Å². The van der Waals surface area contributed by atoms with E-state index in [1.54, 1.807) is 28.3 Å². The second-order valence-corrected chi connectivity index (χ2v) is 6.39. The first kappa shape index (κ1) is 18.4. The molecular formula is C20H22N4O3. The van der Waals surface area contributed by atoms with E-state index < -0.39 is 0 Å². The molecule has 3 aromatic rings. The number of nitrogens with zero attached hydrogens (tertiary/aromatic N) is 2. The molecule has 0 fully saturated rings. The Labute approximate surface area is 156 Å². The van der Waals surface area contributed by atoms with E-state index in [9.17, 15) is 14.4 Å². The number of rotatable bonds is 6. The summed E-state index contributed by atoms with van der Waals surface area (Å²) in [6.07, 6.45) is 0.220. The number of nitrogens with one attached hydrogen (secondary N) is 2. The molecule has 2 N–H and O–H groups in total. The van der Waals surface area contributed by atoms with Crippen molar-refractivity contribution in [3.63, 3.8) is 0 Å². The van der Waals surface area contributed by atoms with E-state index in [1.807, 2.05) is 36.4 Å². The Kier molecular flexibility index (Phi) is 5.40. The van der Waals surface area contributed by atoms with Gasteiger partial charge in [-0.1, -0.05) is 24.3 Å². The third-order valence-corrected chi connectivity index (χ3v) is 4.38. The first-order valence-corrected chi connectivity index (χ1v) is 8.73. The van der Waals surface area contributed by atoms with Crippen LogP contribution in [0.5, 0.6) is 0 Å². The van der Waals surface area contributed by atoms with Gasteiger partial charge in [0.05, 0.1) is 11.0 Å². The van der Waals surface area contributed by atoms with E-state index >= 15 is 0 Å². The van der Waals surface area contributed by atoms with Gasteiger partial charge in [-0.15, -0.1) is 0 Å². The van der Waals surface area contributed by atoms with Crippen molar-refractivity contribution in [1.82, 2.24) is 14.5 Å². The summed E-state index contributed by atoms with van der Waals surface area (Å²) in [6, 6.07) is 14.8. The maximum Gasteiger partial charge on any atom is 0.328 e. The maximum atomic E-state index is 12.4. The third kappa shape index (κ3) is 4.25. The van der Waals surface area contributed by atoms with Crippen molar-refractivity contribution >= 4 is 28.5 Å². The SMILES string of the molecule is CC(=O)Nc1ccc(CNC(=O)CCn2c(=O)n(C)c3ccccc32)cc1. The molecule has 1 aromatic heterocycles. The molecule has 27 heavy (non-hydrogen) atoms. The maximum absolute atomic E-state index is 12.4. The zero-order chi connectivity index (χ0) is 19.4. The Morgan fingerprint density at radius 1 is 1.00 bits per heavy atom. The van der Waals surface area contributed by atoms with Crippen molar-refractivity contribution in [2.24, 2.45) is 7.05 Å². The van der Waals surface area contributed by atoms with E-state index in [0.717, 1.165) is 16.6 Å². The van der Waals surface area contributed by atoms with Crippen LogP contribution in [0.2, 0.25) is 0 Å². The van der Waals surface area contributed by atoms with E-state index in [2.05, 4.69) is 10.6 Å². The fourth-order valence-corrected chi connectivity index (χ4v) is 2.99. The molecule has 7 nitrogen and oxygen atoms in total. The number of carbonyl (C=O) groups is 2. The lowest BCUT2D eigenvalue weighted by atomic mass is 10.2. The van der Waals surface area contributed by atoms with Gasteiger partial charge in [-0.2, -0.15) is 0 Å². The van der Waals surface area contributed by atoms with Crippen LogP contribution in [0.3, 0.4) is 0 Å². The average Bonchev–Trinajstić information content (AvgIpc) is 2.90. The quantitative estimate of drug-likeness (QED) is 0.700. The first-order chi connectivity index (χ1) is 13.0. The molecule has 0 aliphatic carbocycles. The normalized spacial score (nSPS) is 10.7. The number of para-hydroxylation sites is 2. The van der Waals surface area contributed by atoms with Gasteiger partial charge in [-0.3, -0.25) is 18.7 Å². The van der Waals surface area contributed by atoms with Crippen LogP contribution in [0.4, 0.5) is 5.69 Å². The molecular weight excluding hydrogens is 344 g/mol. The zero-order valence-electron chi connectivity index (χ0n) is 15.4. The molecule has 3 rings (SSSR count). The van der Waals surface area contributed by atoms with Gasteiger partial charge in [0.2, 0.25) is 11.8 Å². The van der Waals surface area contributed by atoms with Crippen LogP contribution in [0.1, 0.15) is 18.9 Å². The summed E-state index contributed by atoms with van der Waals surface area (Å²) in [7, 11) is 1.73. The van der Waals surface area contributed by atoms with Crippen molar-refractivity contribution < 1.29 is 9.59 Å². The summed E-state index contributed by atoms with van der Waals surface area (Å²) in [5.41, 5.74) is 3.19. The molecule has 0 atom stereocenters. The highest BCUT2D eigenvalue weighted by molar-refractivity contribution is 5.88. The lowest BCUT2D eigenvalue weighted by Crippen LogP contribution is -2.27. The number of fused-ring (bicyclic) bond motifs is 1. The molecule has 0 bridgehead atoms. The Morgan fingerprint density at radius 3 is 2.33 bits per heavy atom. The van der Waals surface area contributed by atoms with Gasteiger partial charge in [0.15, 0.2) is 0 Å². The molecule has 0 saturated carbocycles. The van der Waals surface area contributed by atoms with Gasteiger partial charge in [0.1, 0.15) is 0 Å². The highest BCUT2D eigenvalue weighted by atomic mass is 16.2. The van der Waals surface area contributed by atoms with Gasteiger partial charge >= 0.3 is 5.69 Å². The molecule has 1 heterocycles. The van der Waals surface area contributed by atoms with Crippen LogP contribution in [0, 0.1) is 0 Å². The Morgan fingerprint density at radius 2 is 1.67 bits per heavy atom. The van der Waals surface area contributed by atoms with Gasteiger partial charge in [0, 0.05) is 39.2 Å². The molecule has 140 valence electrons. The van der Waals surface area contributed by atoms with Crippen molar-refractivity contribution in [3.8, 4) is 0 Å². The summed E-state index contributed by atoms with van der Waals surface area (Å²) in [5, 5.41) is 5.55. The van der Waals surface area contributed by atoms with E-state index in [4.69, 9.17) is 0 Å². The topological polar surface area (TPSA) is 85.1 Å². The number of imidazole rings is 1. The second kappa shape index (κ2) is 7.90. The molecule has 0 aliphatic rings. The van der Waals surface area contributed by atoms with Crippen molar-refractivity contribution in [2.75, 3.05) is 5.32 Å². The molecule has 0 spiro atoms. The van der Waals surface area contributed by atoms with Crippen LogP contribution in [0.25, 0.3) is 11.0 Å². The highest BCUT2D eigenvalue weighted by Crippen LogP contribution is 2.12. The number of anilines is 1. The van der Waals surface area contributed by atoms with Crippen molar-refractivity contribution in [1.29, 1.82) is 0 Å². The lowest BCUT2D eigenvalue weighted by Gasteiger charge is -2.07. The molecule has 7 heteroatoms. The number of hydrogen-bond donors (Lipinski definition) is 2. The number of aromatic nitrogens is 2. The van der Waals surface area contributed by atoms with Gasteiger partial charge in [-0.05, 0) is 29.8 Å². The predicted octanol–water partition coefficient (Wildman–Crippen LogP) is 2.00. The Balaban J connectivity index is 1.57. The number of aryl methyl sites for hydroxylation is 2. The largest absolute Gasteiger partial charge is 0.352 e. The molecule has 2 aromatic carbocycles. The highest BCUT2D eigenvalue weighted by Gasteiger charge is 2.11. The second-order valence-electron chi connectivity index (χ2n) is 6.39. The fraction of sp³-hybridized carbons (Fsp3) is 0.250. The van der Waals surface area contributed by atoms with E-state index in [0.29, 0.717) is 18.8 Å². The monoisotopic (exact) mass is 366 g/mol. The zero-order valence-corrected chi connectivity index (χ0v) is 15.4. The molecule has 2 amide bonds. The summed E-state index contributed by atoms with van der Waals surface area (Å²) >= 11 is 0. The standard InChI is InChI=1S/C20H22N4O3/c1-14(25)22-16-9-7-15(8-10-16)13-21-19(26)11-12-24-18-6-4-3-5-17(18)23(2)20(24)27/h3-10H,11-13H2,1-2H3,(H,21,26)(H,22,25).